The van der Waals surface area contributed by atoms with E-state index in [-0.39, 0.29) is 11.2 Å². The molecule has 0 aromatic heterocycles. The van der Waals surface area contributed by atoms with Crippen LogP contribution in [0.2, 0.25) is 0 Å². The molecule has 13 heavy (non-hydrogen) atoms. The van der Waals surface area contributed by atoms with Crippen molar-refractivity contribution in [1.29, 1.82) is 0 Å². The van der Waals surface area contributed by atoms with Crippen LogP contribution in [0.15, 0.2) is 24.3 Å². The van der Waals surface area contributed by atoms with Gasteiger partial charge in [0.2, 0.25) is 0 Å². The van der Waals surface area contributed by atoms with Gasteiger partial charge in [0, 0.05) is 0 Å². The molecule has 0 fully saturated rings. The largest absolute Gasteiger partial charge is 0.207 e. The topological polar surface area (TPSA) is 0 Å². The molecular weight excluding hydrogens is 163 g/mol. The van der Waals surface area contributed by atoms with Gasteiger partial charge in [0.1, 0.15) is 5.82 Å². The Hall–Kier alpha value is -0.850. The van der Waals surface area contributed by atoms with Gasteiger partial charge in [0.25, 0.3) is 0 Å². The van der Waals surface area contributed by atoms with Crippen molar-refractivity contribution in [3.8, 4) is 0 Å². The highest BCUT2D eigenvalue weighted by Crippen LogP contribution is 2.32. The minimum atomic E-state index is -0.0753. The summed E-state index contributed by atoms with van der Waals surface area (Å²) in [5, 5.41) is 0. The summed E-state index contributed by atoms with van der Waals surface area (Å²) in [6.45, 7) is 6.33. The highest BCUT2D eigenvalue weighted by atomic mass is 19.1. The summed E-state index contributed by atoms with van der Waals surface area (Å²) in [5.74, 6) is -0.0753. The minimum absolute atomic E-state index is 0.00859. The summed E-state index contributed by atoms with van der Waals surface area (Å²) < 4.78 is 13.5. The van der Waals surface area contributed by atoms with Crippen LogP contribution < -0.4 is 0 Å². The fourth-order valence-corrected chi connectivity index (χ4v) is 1.58. The lowest BCUT2D eigenvalue weighted by atomic mass is 9.78. The lowest BCUT2D eigenvalue weighted by Gasteiger charge is -2.27. The molecule has 0 saturated carbocycles. The normalized spacial score (nSPS) is 11.7. The number of benzene rings is 1. The summed E-state index contributed by atoms with van der Waals surface area (Å²) in [4.78, 5) is 0. The van der Waals surface area contributed by atoms with Gasteiger partial charge in [-0.05, 0) is 29.9 Å². The van der Waals surface area contributed by atoms with Gasteiger partial charge in [0.05, 0.1) is 0 Å². The van der Waals surface area contributed by atoms with Crippen molar-refractivity contribution in [2.24, 2.45) is 0 Å². The Balaban J connectivity index is 3.12. The maximum atomic E-state index is 13.5. The van der Waals surface area contributed by atoms with Gasteiger partial charge in [-0.3, -0.25) is 0 Å². The summed E-state index contributed by atoms with van der Waals surface area (Å²) in [6.07, 6.45) is 1.95. The lowest BCUT2D eigenvalue weighted by molar-refractivity contribution is 0.415. The van der Waals surface area contributed by atoms with Crippen LogP contribution in [0.5, 0.6) is 0 Å². The number of hydrogen-bond acceptors (Lipinski definition) is 0. The molecule has 0 aliphatic carbocycles. The summed E-state index contributed by atoms with van der Waals surface area (Å²) in [5.41, 5.74) is 0.839. The van der Waals surface area contributed by atoms with Crippen LogP contribution >= 0.6 is 0 Å². The summed E-state index contributed by atoms with van der Waals surface area (Å²) >= 11 is 0. The van der Waals surface area contributed by atoms with Crippen LogP contribution in [0.4, 0.5) is 4.39 Å². The zero-order valence-electron chi connectivity index (χ0n) is 8.60. The first kappa shape index (κ1) is 10.2. The van der Waals surface area contributed by atoms with Gasteiger partial charge in [-0.25, -0.2) is 4.39 Å². The standard InChI is InChI=1S/C12H17F/c1-4-12(3,5-2)10-8-6-7-9-11(10)13/h6-9H,4-5H2,1-3H3. The molecule has 1 aromatic rings. The number of rotatable bonds is 3. The van der Waals surface area contributed by atoms with E-state index in [1.54, 1.807) is 12.1 Å². The van der Waals surface area contributed by atoms with Crippen molar-refractivity contribution >= 4 is 0 Å². The van der Waals surface area contributed by atoms with Crippen molar-refractivity contribution in [3.05, 3.63) is 35.6 Å². The Bertz CT molecular complexity index is 274. The highest BCUT2D eigenvalue weighted by molar-refractivity contribution is 5.25. The molecule has 72 valence electrons. The molecule has 0 atom stereocenters. The molecule has 0 unspecified atom stereocenters. The van der Waals surface area contributed by atoms with E-state index >= 15 is 0 Å². The predicted molar refractivity (Wildman–Crippen MR) is 54.3 cm³/mol. The molecule has 0 amide bonds. The van der Waals surface area contributed by atoms with E-state index in [4.69, 9.17) is 0 Å². The van der Waals surface area contributed by atoms with Crippen molar-refractivity contribution in [1.82, 2.24) is 0 Å². The monoisotopic (exact) mass is 180 g/mol. The van der Waals surface area contributed by atoms with E-state index in [1.807, 2.05) is 12.1 Å². The molecule has 0 aliphatic rings. The smallest absolute Gasteiger partial charge is 0.126 e. The highest BCUT2D eigenvalue weighted by Gasteiger charge is 2.24. The molecule has 0 aliphatic heterocycles. The van der Waals surface area contributed by atoms with E-state index in [0.717, 1.165) is 18.4 Å². The molecule has 1 heteroatoms. The van der Waals surface area contributed by atoms with Gasteiger partial charge in [-0.1, -0.05) is 39.0 Å². The van der Waals surface area contributed by atoms with Gasteiger partial charge in [-0.15, -0.1) is 0 Å². The third kappa shape index (κ3) is 1.90. The lowest BCUT2D eigenvalue weighted by Crippen LogP contribution is -2.20. The third-order valence-electron chi connectivity index (χ3n) is 3.08. The first-order valence-corrected chi connectivity index (χ1v) is 4.89. The van der Waals surface area contributed by atoms with Crippen molar-refractivity contribution < 1.29 is 4.39 Å². The molecule has 0 radical (unpaired) electrons. The van der Waals surface area contributed by atoms with Gasteiger partial charge in [0.15, 0.2) is 0 Å². The fraction of sp³-hybridized carbons (Fsp3) is 0.500. The molecule has 0 saturated heterocycles. The second-order valence-electron chi connectivity index (χ2n) is 3.75. The average molecular weight is 180 g/mol. The zero-order valence-corrected chi connectivity index (χ0v) is 8.60. The summed E-state index contributed by atoms with van der Waals surface area (Å²) in [6, 6.07) is 7.08. The minimum Gasteiger partial charge on any atom is -0.207 e. The van der Waals surface area contributed by atoms with E-state index in [9.17, 15) is 4.39 Å². The molecule has 0 spiro atoms. The zero-order chi connectivity index (χ0) is 9.90. The second-order valence-corrected chi connectivity index (χ2v) is 3.75. The van der Waals surface area contributed by atoms with Crippen molar-refractivity contribution in [2.45, 2.75) is 39.0 Å². The van der Waals surface area contributed by atoms with Crippen LogP contribution in [-0.4, -0.2) is 0 Å². The molecule has 0 heterocycles. The van der Waals surface area contributed by atoms with Crippen LogP contribution in [-0.2, 0) is 5.41 Å². The maximum absolute atomic E-state index is 13.5. The average Bonchev–Trinajstić information content (AvgIpc) is 2.17. The van der Waals surface area contributed by atoms with E-state index < -0.39 is 0 Å². The Kier molecular flexibility index (Phi) is 3.07. The van der Waals surface area contributed by atoms with Crippen LogP contribution in [0.1, 0.15) is 39.2 Å². The predicted octanol–water partition coefficient (Wildman–Crippen LogP) is 3.90. The van der Waals surface area contributed by atoms with Gasteiger partial charge < -0.3 is 0 Å². The molecule has 0 nitrogen and oxygen atoms in total. The molecular formula is C12H17F. The second kappa shape index (κ2) is 3.91. The van der Waals surface area contributed by atoms with E-state index in [1.165, 1.54) is 0 Å². The fourth-order valence-electron chi connectivity index (χ4n) is 1.58. The first-order chi connectivity index (χ1) is 6.14. The maximum Gasteiger partial charge on any atom is 0.126 e. The van der Waals surface area contributed by atoms with Crippen molar-refractivity contribution in [3.63, 3.8) is 0 Å². The Labute approximate surface area is 79.8 Å². The Morgan fingerprint density at radius 1 is 1.15 bits per heavy atom. The SMILES string of the molecule is CCC(C)(CC)c1ccccc1F. The van der Waals surface area contributed by atoms with E-state index in [0.29, 0.717) is 0 Å². The quantitative estimate of drug-likeness (QED) is 0.661. The van der Waals surface area contributed by atoms with Gasteiger partial charge in [-0.2, -0.15) is 0 Å². The van der Waals surface area contributed by atoms with Gasteiger partial charge >= 0.3 is 0 Å². The molecule has 1 rings (SSSR count). The third-order valence-corrected chi connectivity index (χ3v) is 3.08. The van der Waals surface area contributed by atoms with Crippen LogP contribution in [0.3, 0.4) is 0 Å². The van der Waals surface area contributed by atoms with Crippen LogP contribution in [0.25, 0.3) is 0 Å². The van der Waals surface area contributed by atoms with E-state index in [2.05, 4.69) is 20.8 Å². The molecule has 0 N–H and O–H groups in total. The number of halogens is 1. The first-order valence-electron chi connectivity index (χ1n) is 4.89. The Morgan fingerprint density at radius 3 is 2.15 bits per heavy atom. The van der Waals surface area contributed by atoms with Crippen molar-refractivity contribution in [2.75, 3.05) is 0 Å². The van der Waals surface area contributed by atoms with Crippen LogP contribution in [0, 0.1) is 5.82 Å². The Morgan fingerprint density at radius 2 is 1.69 bits per heavy atom. The summed E-state index contributed by atoms with van der Waals surface area (Å²) in [7, 11) is 0. The number of hydrogen-bond donors (Lipinski definition) is 0. The molecule has 0 bridgehead atoms. The molecule has 1 aromatic carbocycles.